The molecule has 2 aromatic heterocycles. The second kappa shape index (κ2) is 11.2. The van der Waals surface area contributed by atoms with Gasteiger partial charge in [0.25, 0.3) is 0 Å². The fourth-order valence-corrected chi connectivity index (χ4v) is 6.43. The molecule has 0 aliphatic carbocycles. The summed E-state index contributed by atoms with van der Waals surface area (Å²) in [6.45, 7) is 0. The minimum atomic E-state index is 0.608. The summed E-state index contributed by atoms with van der Waals surface area (Å²) in [5.41, 5.74) is 8.87. The van der Waals surface area contributed by atoms with Crippen LogP contribution in [0.15, 0.2) is 168 Å². The highest BCUT2D eigenvalue weighted by atomic mass is 16.3. The number of hydrogen-bond donors (Lipinski definition) is 0. The molecule has 2 heterocycles. The van der Waals surface area contributed by atoms with Gasteiger partial charge in [-0.15, -0.1) is 0 Å². The van der Waals surface area contributed by atoms with Gasteiger partial charge in [-0.25, -0.2) is 15.0 Å². The van der Waals surface area contributed by atoms with Crippen LogP contribution in [0.4, 0.5) is 0 Å². The first kappa shape index (κ1) is 27.0. The Kier molecular flexibility index (Phi) is 6.43. The molecule has 0 amide bonds. The SMILES string of the molecule is c1ccc(-c2ccc(-c3nc(-c4ccc5ccccc5c4)nc(-c4ccc5oc6ccccc6c5c4-c4ccccc4)n3)cc2)cc1. The van der Waals surface area contributed by atoms with Gasteiger partial charge in [-0.3, -0.25) is 0 Å². The van der Waals surface area contributed by atoms with E-state index in [0.29, 0.717) is 17.5 Å². The number of benzene rings is 7. The van der Waals surface area contributed by atoms with E-state index >= 15 is 0 Å². The second-order valence-corrected chi connectivity index (χ2v) is 11.6. The summed E-state index contributed by atoms with van der Waals surface area (Å²) >= 11 is 0. The molecule has 0 saturated heterocycles. The summed E-state index contributed by atoms with van der Waals surface area (Å²) in [6.07, 6.45) is 0. The summed E-state index contributed by atoms with van der Waals surface area (Å²) in [6, 6.07) is 56.3. The minimum Gasteiger partial charge on any atom is -0.456 e. The van der Waals surface area contributed by atoms with Crippen LogP contribution in [0.25, 0.3) is 89.1 Å². The summed E-state index contributed by atoms with van der Waals surface area (Å²) in [7, 11) is 0. The van der Waals surface area contributed by atoms with Crippen molar-refractivity contribution in [1.82, 2.24) is 15.0 Å². The summed E-state index contributed by atoms with van der Waals surface area (Å²) in [5.74, 6) is 1.85. The number of aromatic nitrogens is 3. The van der Waals surface area contributed by atoms with Crippen molar-refractivity contribution in [2.45, 2.75) is 0 Å². The van der Waals surface area contributed by atoms with Crippen LogP contribution < -0.4 is 0 Å². The predicted octanol–water partition coefficient (Wildman–Crippen LogP) is 11.3. The topological polar surface area (TPSA) is 51.8 Å². The quantitative estimate of drug-likeness (QED) is 0.197. The van der Waals surface area contributed by atoms with Crippen LogP contribution in [0.1, 0.15) is 0 Å². The summed E-state index contributed by atoms with van der Waals surface area (Å²) in [4.78, 5) is 15.4. The Morgan fingerprint density at radius 3 is 1.72 bits per heavy atom. The van der Waals surface area contributed by atoms with Crippen molar-refractivity contribution in [1.29, 1.82) is 0 Å². The van der Waals surface area contributed by atoms with Crippen molar-refractivity contribution in [2.24, 2.45) is 0 Å². The maximum atomic E-state index is 6.33. The van der Waals surface area contributed by atoms with Crippen LogP contribution in [0.5, 0.6) is 0 Å². The highest BCUT2D eigenvalue weighted by Crippen LogP contribution is 2.42. The van der Waals surface area contributed by atoms with E-state index in [2.05, 4.69) is 133 Å². The van der Waals surface area contributed by atoms with Gasteiger partial charge in [0.1, 0.15) is 11.2 Å². The van der Waals surface area contributed by atoms with E-state index < -0.39 is 0 Å². The standard InChI is InChI=1S/C43H27N3O/c1-3-11-28(12-4-1)30-19-22-32(23-20-30)41-44-42(34-24-21-29-13-7-8-16-33(29)27-34)46-43(45-41)36-25-26-38-40(35-17-9-10-18-37(35)47-38)39(36)31-14-5-2-6-15-31/h1-27H. The molecule has 47 heavy (non-hydrogen) atoms. The van der Waals surface area contributed by atoms with Crippen LogP contribution in [0.2, 0.25) is 0 Å². The smallest absolute Gasteiger partial charge is 0.164 e. The molecule has 0 unspecified atom stereocenters. The van der Waals surface area contributed by atoms with Crippen LogP contribution in [0.3, 0.4) is 0 Å². The van der Waals surface area contributed by atoms with Gasteiger partial charge in [0, 0.05) is 33.0 Å². The molecule has 0 N–H and O–H groups in total. The largest absolute Gasteiger partial charge is 0.456 e. The Bertz CT molecular complexity index is 2550. The molecule has 0 saturated carbocycles. The Labute approximate surface area is 271 Å². The fourth-order valence-electron chi connectivity index (χ4n) is 6.43. The normalized spacial score (nSPS) is 11.4. The van der Waals surface area contributed by atoms with Crippen LogP contribution in [-0.2, 0) is 0 Å². The first-order valence-electron chi connectivity index (χ1n) is 15.7. The van der Waals surface area contributed by atoms with Crippen molar-refractivity contribution >= 4 is 32.7 Å². The molecular weight excluding hydrogens is 574 g/mol. The van der Waals surface area contributed by atoms with Gasteiger partial charge in [-0.05, 0) is 51.7 Å². The maximum Gasteiger partial charge on any atom is 0.164 e. The zero-order valence-electron chi connectivity index (χ0n) is 25.3. The Morgan fingerprint density at radius 1 is 0.362 bits per heavy atom. The van der Waals surface area contributed by atoms with Gasteiger partial charge in [-0.1, -0.05) is 140 Å². The van der Waals surface area contributed by atoms with E-state index in [-0.39, 0.29) is 0 Å². The van der Waals surface area contributed by atoms with Gasteiger partial charge in [-0.2, -0.15) is 0 Å². The molecule has 0 spiro atoms. The van der Waals surface area contributed by atoms with E-state index in [1.54, 1.807) is 0 Å². The molecule has 4 nitrogen and oxygen atoms in total. The number of nitrogens with zero attached hydrogens (tertiary/aromatic N) is 3. The zero-order valence-corrected chi connectivity index (χ0v) is 25.3. The third-order valence-corrected chi connectivity index (χ3v) is 8.74. The Balaban J connectivity index is 1.29. The Hall–Kier alpha value is -6.39. The van der Waals surface area contributed by atoms with Crippen LogP contribution in [0, 0.1) is 0 Å². The summed E-state index contributed by atoms with van der Waals surface area (Å²) < 4.78 is 6.33. The number of fused-ring (bicyclic) bond motifs is 4. The minimum absolute atomic E-state index is 0.608. The van der Waals surface area contributed by atoms with Gasteiger partial charge in [0.15, 0.2) is 17.5 Å². The Morgan fingerprint density at radius 2 is 0.936 bits per heavy atom. The van der Waals surface area contributed by atoms with Crippen molar-refractivity contribution in [3.05, 3.63) is 164 Å². The first-order chi connectivity index (χ1) is 23.3. The van der Waals surface area contributed by atoms with E-state index in [1.165, 1.54) is 10.9 Å². The van der Waals surface area contributed by atoms with Crippen molar-refractivity contribution in [3.8, 4) is 56.4 Å². The third kappa shape index (κ3) is 4.84. The van der Waals surface area contributed by atoms with E-state index in [0.717, 1.165) is 60.7 Å². The fraction of sp³-hybridized carbons (Fsp3) is 0. The second-order valence-electron chi connectivity index (χ2n) is 11.6. The lowest BCUT2D eigenvalue weighted by Crippen LogP contribution is -2.01. The number of rotatable bonds is 5. The number of para-hydroxylation sites is 1. The van der Waals surface area contributed by atoms with E-state index in [9.17, 15) is 0 Å². The molecule has 7 aromatic carbocycles. The average molecular weight is 602 g/mol. The molecule has 0 atom stereocenters. The van der Waals surface area contributed by atoms with Gasteiger partial charge in [0.05, 0.1) is 0 Å². The lowest BCUT2D eigenvalue weighted by atomic mass is 9.94. The lowest BCUT2D eigenvalue weighted by molar-refractivity contribution is 0.669. The molecule has 0 bridgehead atoms. The molecular formula is C43H27N3O. The molecule has 0 radical (unpaired) electrons. The highest BCUT2D eigenvalue weighted by molar-refractivity contribution is 6.15. The third-order valence-electron chi connectivity index (χ3n) is 8.74. The molecule has 9 rings (SSSR count). The molecule has 0 fully saturated rings. The van der Waals surface area contributed by atoms with Crippen molar-refractivity contribution in [3.63, 3.8) is 0 Å². The average Bonchev–Trinajstić information content (AvgIpc) is 3.54. The molecule has 9 aromatic rings. The van der Waals surface area contributed by atoms with E-state index in [4.69, 9.17) is 19.4 Å². The van der Waals surface area contributed by atoms with Crippen molar-refractivity contribution < 1.29 is 4.42 Å². The number of hydrogen-bond acceptors (Lipinski definition) is 4. The lowest BCUT2D eigenvalue weighted by Gasteiger charge is -2.14. The van der Waals surface area contributed by atoms with Gasteiger partial charge in [0.2, 0.25) is 0 Å². The van der Waals surface area contributed by atoms with E-state index in [1.807, 2.05) is 30.3 Å². The summed E-state index contributed by atoms with van der Waals surface area (Å²) in [5, 5.41) is 4.41. The van der Waals surface area contributed by atoms with Crippen LogP contribution in [-0.4, -0.2) is 15.0 Å². The zero-order chi connectivity index (χ0) is 31.2. The number of furan rings is 1. The molecule has 220 valence electrons. The maximum absolute atomic E-state index is 6.33. The molecule has 0 aliphatic heterocycles. The monoisotopic (exact) mass is 601 g/mol. The van der Waals surface area contributed by atoms with Gasteiger partial charge >= 0.3 is 0 Å². The predicted molar refractivity (Wildman–Crippen MR) is 192 cm³/mol. The first-order valence-corrected chi connectivity index (χ1v) is 15.7. The van der Waals surface area contributed by atoms with Crippen LogP contribution >= 0.6 is 0 Å². The molecule has 4 heteroatoms. The van der Waals surface area contributed by atoms with Gasteiger partial charge < -0.3 is 4.42 Å². The van der Waals surface area contributed by atoms with Crippen molar-refractivity contribution in [2.75, 3.05) is 0 Å². The molecule has 0 aliphatic rings. The highest BCUT2D eigenvalue weighted by Gasteiger charge is 2.21.